The maximum absolute atomic E-state index is 5.28. The quantitative estimate of drug-likeness (QED) is 0.776. The Kier molecular flexibility index (Phi) is 3.80. The summed E-state index contributed by atoms with van der Waals surface area (Å²) in [7, 11) is 0. The third-order valence-electron chi connectivity index (χ3n) is 3.01. The SMILES string of the molecule is CC(CC1CCCN1)NCc1ccco1. The van der Waals surface area contributed by atoms with Gasteiger partial charge in [-0.05, 0) is 44.9 Å². The van der Waals surface area contributed by atoms with Crippen molar-refractivity contribution in [3.05, 3.63) is 24.2 Å². The van der Waals surface area contributed by atoms with Gasteiger partial charge in [0.15, 0.2) is 0 Å². The maximum Gasteiger partial charge on any atom is 0.117 e. The molecule has 1 saturated heterocycles. The van der Waals surface area contributed by atoms with Crippen LogP contribution in [0.3, 0.4) is 0 Å². The first kappa shape index (κ1) is 10.7. The van der Waals surface area contributed by atoms with Crippen molar-refractivity contribution in [2.75, 3.05) is 6.54 Å². The van der Waals surface area contributed by atoms with Gasteiger partial charge >= 0.3 is 0 Å². The van der Waals surface area contributed by atoms with Gasteiger partial charge in [0.25, 0.3) is 0 Å². The van der Waals surface area contributed by atoms with Gasteiger partial charge in [-0.25, -0.2) is 0 Å². The van der Waals surface area contributed by atoms with Gasteiger partial charge in [0.2, 0.25) is 0 Å². The van der Waals surface area contributed by atoms with Crippen molar-refractivity contribution in [2.45, 2.75) is 44.8 Å². The van der Waals surface area contributed by atoms with Crippen LogP contribution in [0.25, 0.3) is 0 Å². The molecule has 0 bridgehead atoms. The lowest BCUT2D eigenvalue weighted by Crippen LogP contribution is -2.33. The molecule has 3 heteroatoms. The molecule has 2 rings (SSSR count). The van der Waals surface area contributed by atoms with E-state index in [0.717, 1.165) is 12.3 Å². The molecular weight excluding hydrogens is 188 g/mol. The molecule has 2 unspecified atom stereocenters. The smallest absolute Gasteiger partial charge is 0.117 e. The Bertz CT molecular complexity index is 265. The Morgan fingerprint density at radius 2 is 2.60 bits per heavy atom. The van der Waals surface area contributed by atoms with E-state index in [1.54, 1.807) is 6.26 Å². The van der Waals surface area contributed by atoms with Crippen molar-refractivity contribution < 1.29 is 4.42 Å². The molecule has 0 amide bonds. The number of hydrogen-bond acceptors (Lipinski definition) is 3. The second-order valence-electron chi connectivity index (χ2n) is 4.39. The Balaban J connectivity index is 1.66. The fourth-order valence-corrected chi connectivity index (χ4v) is 2.16. The van der Waals surface area contributed by atoms with E-state index in [-0.39, 0.29) is 0 Å². The van der Waals surface area contributed by atoms with Crippen molar-refractivity contribution in [3.63, 3.8) is 0 Å². The highest BCUT2D eigenvalue weighted by molar-refractivity contribution is 4.97. The molecule has 0 spiro atoms. The van der Waals surface area contributed by atoms with Crippen LogP contribution in [0, 0.1) is 0 Å². The van der Waals surface area contributed by atoms with Gasteiger partial charge in [-0.15, -0.1) is 0 Å². The normalized spacial score (nSPS) is 23.1. The van der Waals surface area contributed by atoms with Crippen LogP contribution < -0.4 is 10.6 Å². The molecule has 1 aliphatic heterocycles. The van der Waals surface area contributed by atoms with Crippen molar-refractivity contribution >= 4 is 0 Å². The van der Waals surface area contributed by atoms with Crippen LogP contribution in [-0.2, 0) is 6.54 Å². The lowest BCUT2D eigenvalue weighted by Gasteiger charge is -2.17. The highest BCUT2D eigenvalue weighted by Crippen LogP contribution is 2.11. The molecule has 2 atom stereocenters. The van der Waals surface area contributed by atoms with E-state index in [1.807, 2.05) is 12.1 Å². The zero-order valence-corrected chi connectivity index (χ0v) is 9.33. The summed E-state index contributed by atoms with van der Waals surface area (Å²) < 4.78 is 5.28. The van der Waals surface area contributed by atoms with Gasteiger partial charge in [0, 0.05) is 12.1 Å². The largest absolute Gasteiger partial charge is 0.468 e. The van der Waals surface area contributed by atoms with E-state index < -0.39 is 0 Å². The second-order valence-corrected chi connectivity index (χ2v) is 4.39. The van der Waals surface area contributed by atoms with Gasteiger partial charge in [-0.1, -0.05) is 0 Å². The molecule has 84 valence electrons. The lowest BCUT2D eigenvalue weighted by atomic mass is 10.1. The minimum atomic E-state index is 0.547. The highest BCUT2D eigenvalue weighted by atomic mass is 16.3. The fraction of sp³-hybridized carbons (Fsp3) is 0.667. The summed E-state index contributed by atoms with van der Waals surface area (Å²) in [5.41, 5.74) is 0. The number of rotatable bonds is 5. The fourth-order valence-electron chi connectivity index (χ4n) is 2.16. The Morgan fingerprint density at radius 1 is 1.67 bits per heavy atom. The number of nitrogens with one attached hydrogen (secondary N) is 2. The standard InChI is InChI=1S/C12H20N2O/c1-10(8-11-4-2-6-13-11)14-9-12-5-3-7-15-12/h3,5,7,10-11,13-14H,2,4,6,8-9H2,1H3. The topological polar surface area (TPSA) is 37.2 Å². The number of furan rings is 1. The van der Waals surface area contributed by atoms with Crippen LogP contribution in [0.15, 0.2) is 22.8 Å². The molecule has 0 radical (unpaired) electrons. The zero-order valence-electron chi connectivity index (χ0n) is 9.33. The summed E-state index contributed by atoms with van der Waals surface area (Å²) in [4.78, 5) is 0. The van der Waals surface area contributed by atoms with Crippen molar-refractivity contribution in [1.29, 1.82) is 0 Å². The van der Waals surface area contributed by atoms with Gasteiger partial charge in [0.1, 0.15) is 5.76 Å². The summed E-state index contributed by atoms with van der Waals surface area (Å²) >= 11 is 0. The molecule has 15 heavy (non-hydrogen) atoms. The molecule has 3 nitrogen and oxygen atoms in total. The first-order chi connectivity index (χ1) is 7.34. The molecule has 0 aliphatic carbocycles. The van der Waals surface area contributed by atoms with Gasteiger partial charge in [0.05, 0.1) is 12.8 Å². The summed E-state index contributed by atoms with van der Waals surface area (Å²) in [5.74, 6) is 1.02. The van der Waals surface area contributed by atoms with Crippen molar-refractivity contribution in [3.8, 4) is 0 Å². The van der Waals surface area contributed by atoms with Gasteiger partial charge in [-0.2, -0.15) is 0 Å². The van der Waals surface area contributed by atoms with E-state index in [2.05, 4.69) is 17.6 Å². The molecule has 2 N–H and O–H groups in total. The van der Waals surface area contributed by atoms with E-state index in [4.69, 9.17) is 4.42 Å². The van der Waals surface area contributed by atoms with Crippen LogP contribution >= 0.6 is 0 Å². The molecule has 0 aromatic carbocycles. The molecule has 1 aromatic rings. The lowest BCUT2D eigenvalue weighted by molar-refractivity contribution is 0.410. The first-order valence-corrected chi connectivity index (χ1v) is 5.84. The van der Waals surface area contributed by atoms with Gasteiger partial charge in [-0.3, -0.25) is 0 Å². The van der Waals surface area contributed by atoms with Gasteiger partial charge < -0.3 is 15.1 Å². The van der Waals surface area contributed by atoms with Crippen LogP contribution in [0.4, 0.5) is 0 Å². The minimum Gasteiger partial charge on any atom is -0.468 e. The summed E-state index contributed by atoms with van der Waals surface area (Å²) in [6.45, 7) is 4.26. The third-order valence-corrected chi connectivity index (χ3v) is 3.01. The zero-order chi connectivity index (χ0) is 10.5. The van der Waals surface area contributed by atoms with Crippen molar-refractivity contribution in [1.82, 2.24) is 10.6 Å². The first-order valence-electron chi connectivity index (χ1n) is 5.84. The predicted octanol–water partition coefficient (Wildman–Crippen LogP) is 1.90. The van der Waals surface area contributed by atoms with E-state index >= 15 is 0 Å². The Labute approximate surface area is 91.2 Å². The third kappa shape index (κ3) is 3.36. The van der Waals surface area contributed by atoms with Crippen LogP contribution in [0.5, 0.6) is 0 Å². The minimum absolute atomic E-state index is 0.547. The summed E-state index contributed by atoms with van der Waals surface area (Å²) in [6, 6.07) is 5.20. The molecule has 1 aliphatic rings. The van der Waals surface area contributed by atoms with Crippen LogP contribution in [0.1, 0.15) is 31.9 Å². The van der Waals surface area contributed by atoms with E-state index in [1.165, 1.54) is 25.8 Å². The predicted molar refractivity (Wildman–Crippen MR) is 60.7 cm³/mol. The average Bonchev–Trinajstić information content (AvgIpc) is 2.86. The molecule has 2 heterocycles. The summed E-state index contributed by atoms with van der Waals surface area (Å²) in [5, 5.41) is 7.00. The van der Waals surface area contributed by atoms with Crippen LogP contribution in [-0.4, -0.2) is 18.6 Å². The van der Waals surface area contributed by atoms with E-state index in [9.17, 15) is 0 Å². The molecule has 1 fully saturated rings. The molecule has 0 saturated carbocycles. The maximum atomic E-state index is 5.28. The average molecular weight is 208 g/mol. The Hall–Kier alpha value is -0.800. The van der Waals surface area contributed by atoms with Crippen LogP contribution in [0.2, 0.25) is 0 Å². The highest BCUT2D eigenvalue weighted by Gasteiger charge is 2.16. The monoisotopic (exact) mass is 208 g/mol. The van der Waals surface area contributed by atoms with E-state index in [0.29, 0.717) is 12.1 Å². The summed E-state index contributed by atoms with van der Waals surface area (Å²) in [6.07, 6.45) is 5.59. The molecule has 1 aromatic heterocycles. The number of hydrogen-bond donors (Lipinski definition) is 2. The molecular formula is C12H20N2O. The second kappa shape index (κ2) is 5.33. The Morgan fingerprint density at radius 3 is 3.27 bits per heavy atom. The van der Waals surface area contributed by atoms with Crippen molar-refractivity contribution in [2.24, 2.45) is 0 Å².